The van der Waals surface area contributed by atoms with E-state index in [2.05, 4.69) is 11.2 Å². The number of hydrogen-bond donors (Lipinski definition) is 0. The lowest BCUT2D eigenvalue weighted by molar-refractivity contribution is 0.0165. The van der Waals surface area contributed by atoms with Crippen molar-refractivity contribution in [3.8, 4) is 0 Å². The van der Waals surface area contributed by atoms with Crippen LogP contribution in [-0.2, 0) is 9.47 Å². The molecule has 0 spiro atoms. The van der Waals surface area contributed by atoms with Gasteiger partial charge in [-0.3, -0.25) is 0 Å². The van der Waals surface area contributed by atoms with Crippen molar-refractivity contribution < 1.29 is 14.3 Å². The summed E-state index contributed by atoms with van der Waals surface area (Å²) in [7, 11) is 1.37. The monoisotopic (exact) mass is 286 g/mol. The Morgan fingerprint density at radius 2 is 2.24 bits per heavy atom. The quantitative estimate of drug-likeness (QED) is 0.797. The lowest BCUT2D eigenvalue weighted by atomic mass is 9.95. The molecule has 21 heavy (non-hydrogen) atoms. The number of hydrogen-bond acceptors (Lipinski definition) is 4. The predicted molar refractivity (Wildman–Crippen MR) is 79.2 cm³/mol. The van der Waals surface area contributed by atoms with Gasteiger partial charge in [0.25, 0.3) is 0 Å². The highest BCUT2D eigenvalue weighted by molar-refractivity contribution is 5.91. The van der Waals surface area contributed by atoms with Crippen molar-refractivity contribution in [2.24, 2.45) is 0 Å². The summed E-state index contributed by atoms with van der Waals surface area (Å²) in [5.41, 5.74) is 3.41. The maximum atomic E-state index is 11.6. The van der Waals surface area contributed by atoms with Crippen molar-refractivity contribution in [3.05, 3.63) is 41.7 Å². The molecule has 0 fully saturated rings. The van der Waals surface area contributed by atoms with Gasteiger partial charge in [-0.1, -0.05) is 0 Å². The number of carbonyl (C=O) groups is 1. The normalized spacial score (nSPS) is 17.6. The number of methoxy groups -OCH3 is 1. The first-order valence-electron chi connectivity index (χ1n) is 6.91. The lowest BCUT2D eigenvalue weighted by Crippen LogP contribution is -2.26. The van der Waals surface area contributed by atoms with Gasteiger partial charge in [-0.15, -0.1) is 0 Å². The predicted octanol–water partition coefficient (Wildman–Crippen LogP) is 2.70. The molecule has 0 bridgehead atoms. The number of rotatable bonds is 2. The van der Waals surface area contributed by atoms with Crippen LogP contribution in [0.1, 0.15) is 36.2 Å². The Morgan fingerprint density at radius 1 is 1.43 bits per heavy atom. The minimum atomic E-state index is -0.353. The summed E-state index contributed by atoms with van der Waals surface area (Å²) in [5.74, 6) is -0.353. The fraction of sp³-hybridized carbons (Fsp3) is 0.375. The van der Waals surface area contributed by atoms with Crippen LogP contribution in [-0.4, -0.2) is 34.9 Å². The maximum absolute atomic E-state index is 11.6. The van der Waals surface area contributed by atoms with Crippen LogP contribution in [0.25, 0.3) is 11.1 Å². The van der Waals surface area contributed by atoms with Crippen LogP contribution in [0.4, 0.5) is 0 Å². The smallest absolute Gasteiger partial charge is 0.339 e. The molecule has 1 aliphatic heterocycles. The molecule has 3 heterocycles. The minimum Gasteiger partial charge on any atom is -0.465 e. The summed E-state index contributed by atoms with van der Waals surface area (Å²) in [6.45, 7) is 4.80. The third kappa shape index (κ3) is 2.69. The van der Waals surface area contributed by atoms with Crippen molar-refractivity contribution in [2.75, 3.05) is 13.7 Å². The molecule has 2 aromatic rings. The Hall–Kier alpha value is -2.14. The Bertz CT molecular complexity index is 728. The van der Waals surface area contributed by atoms with Crippen molar-refractivity contribution >= 4 is 17.1 Å². The number of ether oxygens (including phenoxy) is 2. The number of carbonyl (C=O) groups excluding carboxylic acids is 1. The average Bonchev–Trinajstić information content (AvgIpc) is 2.88. The van der Waals surface area contributed by atoms with Crippen molar-refractivity contribution in [1.82, 2.24) is 9.61 Å². The van der Waals surface area contributed by atoms with E-state index in [0.29, 0.717) is 12.2 Å². The molecule has 0 saturated carbocycles. The second-order valence-corrected chi connectivity index (χ2v) is 5.71. The fourth-order valence-electron chi connectivity index (χ4n) is 2.59. The van der Waals surface area contributed by atoms with Crippen molar-refractivity contribution in [2.45, 2.75) is 25.9 Å². The van der Waals surface area contributed by atoms with Crippen LogP contribution in [0.3, 0.4) is 0 Å². The second-order valence-electron chi connectivity index (χ2n) is 5.71. The van der Waals surface area contributed by atoms with E-state index >= 15 is 0 Å². The van der Waals surface area contributed by atoms with Gasteiger partial charge in [-0.25, -0.2) is 9.31 Å². The highest BCUT2D eigenvalue weighted by Gasteiger charge is 2.22. The summed E-state index contributed by atoms with van der Waals surface area (Å²) in [6.07, 6.45) is 6.49. The number of aromatic nitrogens is 2. The van der Waals surface area contributed by atoms with Crippen LogP contribution >= 0.6 is 0 Å². The van der Waals surface area contributed by atoms with Gasteiger partial charge in [0.15, 0.2) is 0 Å². The Kier molecular flexibility index (Phi) is 3.29. The van der Waals surface area contributed by atoms with Gasteiger partial charge in [-0.05, 0) is 49.6 Å². The molecular formula is C16H18N2O3. The molecular weight excluding hydrogens is 268 g/mol. The summed E-state index contributed by atoms with van der Waals surface area (Å²) >= 11 is 0. The molecule has 5 heteroatoms. The van der Waals surface area contributed by atoms with Gasteiger partial charge in [0.1, 0.15) is 0 Å². The summed E-state index contributed by atoms with van der Waals surface area (Å²) in [5, 5.41) is 4.37. The van der Waals surface area contributed by atoms with Crippen LogP contribution in [0.15, 0.2) is 30.6 Å². The number of esters is 1. The third-order valence-electron chi connectivity index (χ3n) is 3.61. The summed E-state index contributed by atoms with van der Waals surface area (Å²) in [6, 6.07) is 3.82. The average molecular weight is 286 g/mol. The second kappa shape index (κ2) is 5.00. The third-order valence-corrected chi connectivity index (χ3v) is 3.61. The molecule has 5 nitrogen and oxygen atoms in total. The lowest BCUT2D eigenvalue weighted by Gasteiger charge is -2.28. The Labute approximate surface area is 123 Å². The number of fused-ring (bicyclic) bond motifs is 1. The maximum Gasteiger partial charge on any atom is 0.339 e. The zero-order valence-corrected chi connectivity index (χ0v) is 12.4. The van der Waals surface area contributed by atoms with Crippen LogP contribution in [0.5, 0.6) is 0 Å². The number of nitrogens with zero attached hydrogens (tertiary/aromatic N) is 2. The molecule has 3 rings (SSSR count). The molecule has 0 radical (unpaired) electrons. The first-order valence-corrected chi connectivity index (χ1v) is 6.91. The van der Waals surface area contributed by atoms with E-state index in [9.17, 15) is 4.79 Å². The van der Waals surface area contributed by atoms with Gasteiger partial charge in [-0.2, -0.15) is 5.10 Å². The summed E-state index contributed by atoms with van der Waals surface area (Å²) in [4.78, 5) is 11.6. The fourth-order valence-corrected chi connectivity index (χ4v) is 2.59. The molecule has 0 atom stereocenters. The van der Waals surface area contributed by atoms with Crippen LogP contribution in [0.2, 0.25) is 0 Å². The largest absolute Gasteiger partial charge is 0.465 e. The van der Waals surface area contributed by atoms with Gasteiger partial charge < -0.3 is 9.47 Å². The van der Waals surface area contributed by atoms with Gasteiger partial charge in [0.05, 0.1) is 36.6 Å². The zero-order valence-electron chi connectivity index (χ0n) is 12.4. The molecule has 0 aliphatic carbocycles. The molecule has 0 amide bonds. The molecule has 1 aliphatic rings. The van der Waals surface area contributed by atoms with Gasteiger partial charge in [0, 0.05) is 6.20 Å². The van der Waals surface area contributed by atoms with E-state index in [0.717, 1.165) is 17.5 Å². The van der Waals surface area contributed by atoms with E-state index in [1.165, 1.54) is 12.7 Å². The first-order chi connectivity index (χ1) is 9.98. The van der Waals surface area contributed by atoms with E-state index in [4.69, 9.17) is 9.47 Å². The van der Waals surface area contributed by atoms with Crippen molar-refractivity contribution in [3.63, 3.8) is 0 Å². The first kappa shape index (κ1) is 13.8. The molecule has 0 saturated heterocycles. The van der Waals surface area contributed by atoms with E-state index in [1.807, 2.05) is 26.1 Å². The Morgan fingerprint density at radius 3 is 2.95 bits per heavy atom. The van der Waals surface area contributed by atoms with E-state index < -0.39 is 0 Å². The highest BCUT2D eigenvalue weighted by Crippen LogP contribution is 2.29. The minimum absolute atomic E-state index is 0.251. The highest BCUT2D eigenvalue weighted by atomic mass is 16.5. The Balaban J connectivity index is 2.01. The molecule has 0 unspecified atom stereocenters. The molecule has 110 valence electrons. The standard InChI is InChI=1S/C16H18N2O3/c1-16(2)8-11(4-5-21-16)12-6-14-7-13(15(19)20-3)10-18(14)17-9-12/h6-10H,4-5H2,1-3H3. The van der Waals surface area contributed by atoms with Crippen LogP contribution < -0.4 is 0 Å². The SMILES string of the molecule is COC(=O)c1cc2cc(C3=CC(C)(C)OCC3)cnn2c1. The van der Waals surface area contributed by atoms with E-state index in [1.54, 1.807) is 16.8 Å². The van der Waals surface area contributed by atoms with Crippen molar-refractivity contribution in [1.29, 1.82) is 0 Å². The van der Waals surface area contributed by atoms with Gasteiger partial charge >= 0.3 is 5.97 Å². The van der Waals surface area contributed by atoms with Crippen LogP contribution in [0, 0.1) is 0 Å². The zero-order chi connectivity index (χ0) is 15.0. The molecule has 0 aromatic carbocycles. The topological polar surface area (TPSA) is 52.8 Å². The van der Waals surface area contributed by atoms with Gasteiger partial charge in [0.2, 0.25) is 0 Å². The molecule has 2 aromatic heterocycles. The van der Waals surface area contributed by atoms with E-state index in [-0.39, 0.29) is 11.6 Å². The molecule has 0 N–H and O–H groups in total. The summed E-state index contributed by atoms with van der Waals surface area (Å²) < 4.78 is 12.1.